The van der Waals surface area contributed by atoms with Crippen molar-refractivity contribution in [1.29, 1.82) is 0 Å². The van der Waals surface area contributed by atoms with E-state index in [4.69, 9.17) is 14.4 Å². The van der Waals surface area contributed by atoms with Crippen molar-refractivity contribution >= 4 is 13.2 Å². The van der Waals surface area contributed by atoms with Crippen molar-refractivity contribution in [2.45, 2.75) is 45.5 Å². The Morgan fingerprint density at radius 2 is 1.73 bits per heavy atom. The summed E-state index contributed by atoms with van der Waals surface area (Å²) in [5, 5.41) is 18.8. The SMILES string of the molecule is CC1(C)OB(C(=Cc2cc(F)cc(CO)c2)CO)OC1(C)C. The number of hydrogen-bond donors (Lipinski definition) is 2. The molecule has 0 saturated carbocycles. The highest BCUT2D eigenvalue weighted by molar-refractivity contribution is 6.55. The Balaban J connectivity index is 2.31. The third-order valence-electron chi connectivity index (χ3n) is 4.25. The Kier molecular flexibility index (Phi) is 4.77. The monoisotopic (exact) mass is 308 g/mol. The minimum Gasteiger partial charge on any atom is -0.400 e. The smallest absolute Gasteiger partial charge is 0.400 e. The summed E-state index contributed by atoms with van der Waals surface area (Å²) < 4.78 is 25.3. The van der Waals surface area contributed by atoms with E-state index in [0.29, 0.717) is 16.6 Å². The third-order valence-corrected chi connectivity index (χ3v) is 4.25. The Morgan fingerprint density at radius 1 is 1.14 bits per heavy atom. The van der Waals surface area contributed by atoms with E-state index in [-0.39, 0.29) is 13.2 Å². The van der Waals surface area contributed by atoms with E-state index < -0.39 is 24.1 Å². The van der Waals surface area contributed by atoms with Crippen molar-refractivity contribution in [1.82, 2.24) is 0 Å². The Hall–Kier alpha value is -1.21. The van der Waals surface area contributed by atoms with Crippen molar-refractivity contribution in [2.75, 3.05) is 6.61 Å². The van der Waals surface area contributed by atoms with Gasteiger partial charge in [0.05, 0.1) is 24.4 Å². The standard InChI is InChI=1S/C16H22BFO4/c1-15(2)16(3,4)22-17(21-15)13(10-20)6-11-5-12(9-19)8-14(18)7-11/h5-8,19-20H,9-10H2,1-4H3. The predicted molar refractivity (Wildman–Crippen MR) is 83.5 cm³/mol. The van der Waals surface area contributed by atoms with Crippen LogP contribution in [0.3, 0.4) is 0 Å². The highest BCUT2D eigenvalue weighted by Crippen LogP contribution is 2.38. The van der Waals surface area contributed by atoms with Gasteiger partial charge >= 0.3 is 7.12 Å². The van der Waals surface area contributed by atoms with Gasteiger partial charge < -0.3 is 19.5 Å². The molecule has 1 heterocycles. The van der Waals surface area contributed by atoms with Gasteiger partial charge in [-0.05, 0) is 62.5 Å². The van der Waals surface area contributed by atoms with Gasteiger partial charge in [-0.25, -0.2) is 4.39 Å². The first kappa shape index (κ1) is 17.2. The first-order chi connectivity index (χ1) is 10.2. The van der Waals surface area contributed by atoms with Gasteiger partial charge in [0.1, 0.15) is 5.82 Å². The van der Waals surface area contributed by atoms with E-state index in [1.165, 1.54) is 12.1 Å². The van der Waals surface area contributed by atoms with Gasteiger partial charge in [0.15, 0.2) is 0 Å². The number of halogens is 1. The van der Waals surface area contributed by atoms with Crippen LogP contribution in [0.1, 0.15) is 38.8 Å². The molecule has 0 unspecified atom stereocenters. The topological polar surface area (TPSA) is 58.9 Å². The molecular formula is C16H22BFO4. The zero-order valence-corrected chi connectivity index (χ0v) is 13.4. The van der Waals surface area contributed by atoms with Crippen molar-refractivity contribution in [2.24, 2.45) is 0 Å². The summed E-state index contributed by atoms with van der Waals surface area (Å²) in [4.78, 5) is 0. The molecule has 1 aromatic rings. The molecule has 2 rings (SSSR count). The van der Waals surface area contributed by atoms with Gasteiger partial charge in [0.25, 0.3) is 0 Å². The molecule has 0 bridgehead atoms. The summed E-state index contributed by atoms with van der Waals surface area (Å²) >= 11 is 0. The fourth-order valence-electron chi connectivity index (χ4n) is 2.25. The third kappa shape index (κ3) is 3.41. The minimum absolute atomic E-state index is 0.246. The molecule has 2 N–H and O–H groups in total. The molecule has 0 amide bonds. The fraction of sp³-hybridized carbons (Fsp3) is 0.500. The van der Waals surface area contributed by atoms with Gasteiger partial charge in [0.2, 0.25) is 0 Å². The number of benzene rings is 1. The molecule has 0 aliphatic carbocycles. The zero-order valence-electron chi connectivity index (χ0n) is 13.4. The normalized spacial score (nSPS) is 20.5. The lowest BCUT2D eigenvalue weighted by Gasteiger charge is -2.32. The van der Waals surface area contributed by atoms with Crippen LogP contribution in [0.15, 0.2) is 23.7 Å². The molecular weight excluding hydrogens is 286 g/mol. The van der Waals surface area contributed by atoms with Crippen LogP contribution >= 0.6 is 0 Å². The number of hydrogen-bond acceptors (Lipinski definition) is 4. The van der Waals surface area contributed by atoms with Crippen LogP contribution < -0.4 is 0 Å². The molecule has 1 aromatic carbocycles. The molecule has 1 saturated heterocycles. The lowest BCUT2D eigenvalue weighted by atomic mass is 9.77. The maximum atomic E-state index is 13.5. The number of rotatable bonds is 4. The molecule has 0 spiro atoms. The molecule has 1 aliphatic rings. The van der Waals surface area contributed by atoms with Crippen molar-refractivity contribution in [3.8, 4) is 0 Å². The molecule has 120 valence electrons. The lowest BCUT2D eigenvalue weighted by molar-refractivity contribution is 0.00578. The fourth-order valence-corrected chi connectivity index (χ4v) is 2.25. The van der Waals surface area contributed by atoms with E-state index in [1.54, 1.807) is 12.1 Å². The molecule has 0 aromatic heterocycles. The maximum absolute atomic E-state index is 13.5. The van der Waals surface area contributed by atoms with Crippen LogP contribution in [0.5, 0.6) is 0 Å². The Labute approximate surface area is 130 Å². The summed E-state index contributed by atoms with van der Waals surface area (Å²) in [5.74, 6) is -0.441. The second-order valence-electron chi connectivity index (χ2n) is 6.52. The lowest BCUT2D eigenvalue weighted by Crippen LogP contribution is -2.41. The Bertz CT molecular complexity index is 568. The highest BCUT2D eigenvalue weighted by Gasteiger charge is 2.52. The van der Waals surface area contributed by atoms with Crippen molar-refractivity contribution in [3.05, 3.63) is 40.6 Å². The average Bonchev–Trinajstić information content (AvgIpc) is 2.64. The summed E-state index contributed by atoms with van der Waals surface area (Å²) in [6.07, 6.45) is 1.63. The molecule has 1 fully saturated rings. The van der Waals surface area contributed by atoms with Crippen LogP contribution in [0.25, 0.3) is 6.08 Å². The van der Waals surface area contributed by atoms with Gasteiger partial charge in [-0.2, -0.15) is 0 Å². The summed E-state index contributed by atoms with van der Waals surface area (Å²) in [6, 6.07) is 4.26. The van der Waals surface area contributed by atoms with E-state index in [1.807, 2.05) is 27.7 Å². The van der Waals surface area contributed by atoms with E-state index in [2.05, 4.69) is 0 Å². The van der Waals surface area contributed by atoms with E-state index >= 15 is 0 Å². The molecule has 0 radical (unpaired) electrons. The van der Waals surface area contributed by atoms with Gasteiger partial charge in [-0.1, -0.05) is 6.08 Å². The molecule has 6 heteroatoms. The quantitative estimate of drug-likeness (QED) is 0.838. The molecule has 22 heavy (non-hydrogen) atoms. The number of aliphatic hydroxyl groups excluding tert-OH is 2. The van der Waals surface area contributed by atoms with Crippen LogP contribution in [0.4, 0.5) is 4.39 Å². The average molecular weight is 308 g/mol. The van der Waals surface area contributed by atoms with Crippen LogP contribution in [-0.4, -0.2) is 35.1 Å². The summed E-state index contributed by atoms with van der Waals surface area (Å²) in [5.41, 5.74) is 0.502. The summed E-state index contributed by atoms with van der Waals surface area (Å²) in [6.45, 7) is 7.19. The molecule has 1 aliphatic heterocycles. The second-order valence-corrected chi connectivity index (χ2v) is 6.52. The maximum Gasteiger partial charge on any atom is 0.492 e. The van der Waals surface area contributed by atoms with Gasteiger partial charge in [-0.15, -0.1) is 0 Å². The van der Waals surface area contributed by atoms with E-state index in [0.717, 1.165) is 0 Å². The van der Waals surface area contributed by atoms with Crippen LogP contribution in [0, 0.1) is 5.82 Å². The first-order valence-corrected chi connectivity index (χ1v) is 7.26. The minimum atomic E-state index is -0.684. The summed E-state index contributed by atoms with van der Waals surface area (Å²) in [7, 11) is -0.684. The zero-order chi connectivity index (χ0) is 16.5. The largest absolute Gasteiger partial charge is 0.492 e. The Morgan fingerprint density at radius 3 is 2.23 bits per heavy atom. The van der Waals surface area contributed by atoms with E-state index in [9.17, 15) is 9.50 Å². The number of aliphatic hydroxyl groups is 2. The van der Waals surface area contributed by atoms with Crippen molar-refractivity contribution < 1.29 is 23.9 Å². The van der Waals surface area contributed by atoms with Gasteiger partial charge in [-0.3, -0.25) is 0 Å². The second kappa shape index (κ2) is 6.12. The molecule has 4 nitrogen and oxygen atoms in total. The van der Waals surface area contributed by atoms with Crippen LogP contribution in [-0.2, 0) is 15.9 Å². The highest BCUT2D eigenvalue weighted by atomic mass is 19.1. The first-order valence-electron chi connectivity index (χ1n) is 7.26. The van der Waals surface area contributed by atoms with Crippen molar-refractivity contribution in [3.63, 3.8) is 0 Å². The predicted octanol–water partition coefficient (Wildman–Crippen LogP) is 2.33. The molecule has 0 atom stereocenters. The van der Waals surface area contributed by atoms with Crippen LogP contribution in [0.2, 0.25) is 0 Å². The van der Waals surface area contributed by atoms with Gasteiger partial charge in [0, 0.05) is 0 Å².